The highest BCUT2D eigenvalue weighted by molar-refractivity contribution is 5.86. The second kappa shape index (κ2) is 50.0. The number of carbonyl (C=O) groups is 6. The average molecular weight is 2010 g/mol. The van der Waals surface area contributed by atoms with Crippen LogP contribution in [0.3, 0.4) is 0 Å². The number of hydrogen-bond acceptors (Lipinski definition) is 24. The Labute approximate surface area is 928 Å². The smallest absolute Gasteiger partial charge is 0.161 e. The number of nitrogens with zero attached hydrogens (tertiary/aromatic N) is 6. The molecule has 0 saturated carbocycles. The molecule has 6 fully saturated rings. The molecule has 12 aliphatic rings. The highest BCUT2D eigenvalue weighted by atomic mass is 16.5. The van der Waals surface area contributed by atoms with Crippen LogP contribution in [0.15, 0.2) is 72.8 Å². The highest BCUT2D eigenvalue weighted by Gasteiger charge is 2.47. The number of Topliss-reactive ketones (excluding diaryl/α,β-unsaturated/α-hetero) is 6. The number of rotatable bonds is 27. The fourth-order valence-corrected chi connectivity index (χ4v) is 17.6. The van der Waals surface area contributed by atoms with Crippen LogP contribution in [0, 0.1) is 70.9 Å². The number of methoxy groups -OCH3 is 12. The summed E-state index contributed by atoms with van der Waals surface area (Å²) in [5, 5.41) is 0. The second-order valence-corrected chi connectivity index (χ2v) is 35.1. The molecule has 15 unspecified atom stereocenters. The van der Waals surface area contributed by atoms with Crippen LogP contribution in [-0.4, -0.2) is 228 Å². The Hall–Kier alpha value is -9.30. The van der Waals surface area contributed by atoms with E-state index in [1.165, 1.54) is 145 Å². The first-order valence-electron chi connectivity index (χ1n) is 76.3. The molecule has 141 heavy (non-hydrogen) atoms. The Morgan fingerprint density at radius 3 is 0.979 bits per heavy atom. The summed E-state index contributed by atoms with van der Waals surface area (Å²) in [6.45, 7) is -21.4. The Morgan fingerprint density at radius 1 is 0.319 bits per heavy atom. The van der Waals surface area contributed by atoms with E-state index in [1.807, 2.05) is 41.5 Å². The van der Waals surface area contributed by atoms with Crippen molar-refractivity contribution in [2.75, 3.05) is 164 Å². The number of fused-ring (bicyclic) bond motifs is 18. The van der Waals surface area contributed by atoms with Gasteiger partial charge in [0.1, 0.15) is 34.7 Å². The van der Waals surface area contributed by atoms with E-state index in [0.29, 0.717) is 53.6 Å². The van der Waals surface area contributed by atoms with Crippen molar-refractivity contribution in [3.63, 3.8) is 0 Å². The molecule has 24 heteroatoms. The van der Waals surface area contributed by atoms with Gasteiger partial charge in [0.2, 0.25) is 0 Å². The molecule has 6 aromatic carbocycles. The number of hydrogen-bond donors (Lipinski definition) is 0. The fraction of sp³-hybridized carbons (Fsp3) is 0.641. The van der Waals surface area contributed by atoms with Crippen LogP contribution < -0.4 is 56.8 Å². The summed E-state index contributed by atoms with van der Waals surface area (Å²) in [5.74, 6) is -27.6. The zero-order valence-electron chi connectivity index (χ0n) is 144. The lowest BCUT2D eigenvalue weighted by atomic mass is 9.79. The minimum Gasteiger partial charge on any atom is -0.493 e. The van der Waals surface area contributed by atoms with Crippen LogP contribution in [0.5, 0.6) is 69.0 Å². The van der Waals surface area contributed by atoms with Gasteiger partial charge >= 0.3 is 0 Å². The van der Waals surface area contributed by atoms with Crippen molar-refractivity contribution in [1.29, 1.82) is 0 Å². The molecule has 6 aromatic rings. The van der Waals surface area contributed by atoms with Gasteiger partial charge in [-0.2, -0.15) is 0 Å². The SMILES string of the molecule is [2H]C([2H])([2H])C([2H])(C([2H])([2H])C)C([2H])([2H])C1([2H])CN2C([2H])([2H])C([2H])([2H])c3cc(OC)c(OC)cc3C2([2H])C([2H])([2H])C1=O.[2H]C1([2H])C(=O)C(CC(C)C)CN2C([2H])([2H])C([2H])([2H])c3cc(OC)c(OC)cc3C21[2H].[2H]C1([2H])C(=O)C([2H])(C([2H])([2H])C([2H])(C([2H])([2H])[2H])C([2H])([2H])C)C([2H])([2H])N2CCc3cc(OC)c(OC)cc3C21.[2H]C12CC(=O)C(C([2H])([2H])C([2H])(C([2H])([2H])[2H])C([2H])([2H])C)CN1C([2H])([2H])C([2H])([2H])c1cc(OC)c(OC)cc12.[2H]C12CC(=O)C(CC(C)C)C([2H])([2H])N1C([2H])([2H])C([2H])([2H])c1cc(OC)c(OC)cc12.[2H]C12CC(=O)C(CC(C)C)CN1C([2H])([2H])C([2H])([2H])c1cc(OC)c(OC)cc12. The molecule has 0 aromatic heterocycles. The molecule has 12 heterocycles. The molecule has 12 aliphatic heterocycles. The van der Waals surface area contributed by atoms with E-state index in [1.54, 1.807) is 6.07 Å². The Morgan fingerprint density at radius 2 is 0.603 bits per heavy atom. The van der Waals surface area contributed by atoms with Gasteiger partial charge in [-0.15, -0.1) is 0 Å². The van der Waals surface area contributed by atoms with E-state index in [4.69, 9.17) is 139 Å². The lowest BCUT2D eigenvalue weighted by molar-refractivity contribution is -0.130. The normalized spacial score (nSPS) is 41.6. The Balaban J connectivity index is 0.000000195. The number of ketones is 6. The first-order chi connectivity index (χ1) is 90.8. The van der Waals surface area contributed by atoms with Gasteiger partial charge < -0.3 is 56.8 Å². The molecule has 0 bridgehead atoms. The van der Waals surface area contributed by atoms with E-state index in [2.05, 4.69) is 0 Å². The van der Waals surface area contributed by atoms with Crippen LogP contribution in [0.25, 0.3) is 0 Å². The highest BCUT2D eigenvalue weighted by Crippen LogP contribution is 2.51. The maximum absolute atomic E-state index is 13.8. The molecule has 18 rings (SSSR count). The standard InChI is InChI=1S/3C20H29NO3.3C19H27NO3/c3*1-5-13(2)8-15-12-21-7-6-14-9-19(23-3)20(24-4)10-16(14)17(21)11-18(15)22;3*1-12(2)7-14-11-20-6-5-13-8-18(22-3)19(23-4)9-15(13)16(20)10-17(14)21/h3*9-10,13,15,17H,5-8,11-12H2,1-4H3;3*8-9,12,14,16H,5-7,10-11H2,1-4H3/i2D3,5D2,6D2,7D2,8D2,11D2,13D,15D,17D;2D3,5D2,8D2,11D2,12D2,13D,15D;2D3,5D2,6D2,7D2,8D2,13D,17D;5D2,6D2,11D2,16D;5D2,6D2,10D2,16D;5D2,6D2,16D. The summed E-state index contributed by atoms with van der Waals surface area (Å²) in [4.78, 5) is 84.2. The number of benzene rings is 6. The number of ether oxygens (including phenoxy) is 12. The third-order valence-corrected chi connectivity index (χ3v) is 24.7. The van der Waals surface area contributed by atoms with Crippen LogP contribution in [0.1, 0.15) is 365 Å². The largest absolute Gasteiger partial charge is 0.493 e. The lowest BCUT2D eigenvalue weighted by Crippen LogP contribution is -2.46. The van der Waals surface area contributed by atoms with E-state index < -0.39 is 311 Å². The third-order valence-electron chi connectivity index (χ3n) is 24.7. The van der Waals surface area contributed by atoms with Gasteiger partial charge in [-0.25, -0.2) is 0 Å². The quantitative estimate of drug-likeness (QED) is 0.0466. The molecule has 15 atom stereocenters. The van der Waals surface area contributed by atoms with Gasteiger partial charge in [0.15, 0.2) is 69.0 Å². The maximum atomic E-state index is 13.8. The van der Waals surface area contributed by atoms with Gasteiger partial charge in [0, 0.05) is 265 Å². The first-order valence-corrected chi connectivity index (χ1v) is 45.8. The van der Waals surface area contributed by atoms with Crippen molar-refractivity contribution < 1.29 is 169 Å². The number of aryl methyl sites for hydroxylation is 5. The molecule has 0 amide bonds. The zero-order valence-corrected chi connectivity index (χ0v) is 83.1. The number of piperidine rings is 6. The topological polar surface area (TPSA) is 233 Å². The molecule has 0 N–H and O–H groups in total. The fourth-order valence-electron chi connectivity index (χ4n) is 17.6. The Kier molecular flexibility index (Phi) is 19.0. The van der Waals surface area contributed by atoms with Gasteiger partial charge in [0.05, 0.1) is 92.2 Å². The van der Waals surface area contributed by atoms with E-state index in [-0.39, 0.29) is 175 Å². The minimum absolute atomic E-state index is 0.000460. The first kappa shape index (κ1) is 53.7. The monoisotopic (exact) mass is 2010 g/mol. The lowest BCUT2D eigenvalue weighted by Gasteiger charge is -2.43. The van der Waals surface area contributed by atoms with Crippen molar-refractivity contribution in [2.45, 2.75) is 253 Å². The predicted octanol–water partition coefficient (Wildman–Crippen LogP) is 20.6. The summed E-state index contributed by atoms with van der Waals surface area (Å²) in [6, 6.07) is 2.01. The van der Waals surface area contributed by atoms with Crippen molar-refractivity contribution >= 4 is 34.7 Å². The second-order valence-electron chi connectivity index (χ2n) is 35.1. The van der Waals surface area contributed by atoms with Crippen LogP contribution >= 0.6 is 0 Å². The van der Waals surface area contributed by atoms with Crippen LogP contribution in [0.2, 0.25) is 0 Å². The summed E-state index contributed by atoms with van der Waals surface area (Å²) >= 11 is 0. The van der Waals surface area contributed by atoms with Gasteiger partial charge in [-0.1, -0.05) is 102 Å². The van der Waals surface area contributed by atoms with Crippen molar-refractivity contribution in [3.05, 3.63) is 140 Å². The molecule has 0 aliphatic carbocycles. The van der Waals surface area contributed by atoms with Crippen molar-refractivity contribution in [3.8, 4) is 69.0 Å². The van der Waals surface area contributed by atoms with Gasteiger partial charge in [-0.05, 0) is 252 Å². The number of carbonyl (C=O) groups excluding carboxylic acids is 6. The Bertz CT molecular complexity index is 8360. The summed E-state index contributed by atoms with van der Waals surface area (Å²) in [7, 11) is 16.0. The van der Waals surface area contributed by atoms with Gasteiger partial charge in [-0.3, -0.25) is 58.2 Å². The summed E-state index contributed by atoms with van der Waals surface area (Å²) < 4.78 is 581. The summed E-state index contributed by atoms with van der Waals surface area (Å²) in [6.07, 6.45) is -44.5. The molecule has 774 valence electrons. The van der Waals surface area contributed by atoms with Crippen LogP contribution in [-0.2, 0) is 67.1 Å². The predicted molar refractivity (Wildman–Crippen MR) is 555 cm³/mol. The molecule has 0 spiro atoms. The third kappa shape index (κ3) is 25.6. The molecular weight excluding hydrogens is 1780 g/mol. The van der Waals surface area contributed by atoms with Crippen molar-refractivity contribution in [1.82, 2.24) is 29.4 Å². The zero-order chi connectivity index (χ0) is 156. The molecule has 6 saturated heterocycles. The molecule has 0 radical (unpaired) electrons. The summed E-state index contributed by atoms with van der Waals surface area (Å²) in [5.41, 5.74) is -1.14. The van der Waals surface area contributed by atoms with E-state index in [0.717, 1.165) is 28.9 Å². The van der Waals surface area contributed by atoms with Crippen LogP contribution in [0.4, 0.5) is 0 Å². The maximum Gasteiger partial charge on any atom is 0.161 e. The molecule has 24 nitrogen and oxygen atoms in total. The van der Waals surface area contributed by atoms with Crippen molar-refractivity contribution in [2.24, 2.45) is 70.9 Å². The average Bonchev–Trinajstić information content (AvgIpc) is 0.649. The van der Waals surface area contributed by atoms with E-state index in [9.17, 15) is 30.1 Å². The van der Waals surface area contributed by atoms with E-state index >= 15 is 0 Å². The molecular formula is C117H168N6O18. The van der Waals surface area contributed by atoms with Gasteiger partial charge in [0.25, 0.3) is 0 Å². The minimum atomic E-state index is -4.05.